The maximum absolute atomic E-state index is 12.6. The molecule has 130 valence electrons. The summed E-state index contributed by atoms with van der Waals surface area (Å²) >= 11 is 0. The lowest BCUT2D eigenvalue weighted by Crippen LogP contribution is -2.48. The molecule has 0 aromatic heterocycles. The van der Waals surface area contributed by atoms with Gasteiger partial charge in [-0.15, -0.1) is 0 Å². The lowest BCUT2D eigenvalue weighted by atomic mass is 10.1. The average molecular weight is 342 g/mol. The molecule has 3 N–H and O–H groups in total. The quantitative estimate of drug-likeness (QED) is 0.669. The number of aryl methyl sites for hydroxylation is 3. The van der Waals surface area contributed by atoms with Crippen LogP contribution in [0.1, 0.15) is 37.0 Å². The molecule has 1 unspecified atom stereocenters. The zero-order chi connectivity index (χ0) is 17.8. The second kappa shape index (κ2) is 7.90. The van der Waals surface area contributed by atoms with Gasteiger partial charge < -0.3 is 10.4 Å². The summed E-state index contributed by atoms with van der Waals surface area (Å²) in [5.74, 6) is -1.20. The molecular weight excluding hydrogens is 316 g/mol. The fourth-order valence-electron chi connectivity index (χ4n) is 2.48. The summed E-state index contributed by atoms with van der Waals surface area (Å²) in [6, 6.07) is 2.45. The summed E-state index contributed by atoms with van der Waals surface area (Å²) in [4.78, 5) is 11.5. The van der Waals surface area contributed by atoms with Gasteiger partial charge in [0.05, 0.1) is 4.90 Å². The Morgan fingerprint density at radius 1 is 1.22 bits per heavy atom. The lowest BCUT2D eigenvalue weighted by Gasteiger charge is -2.20. The van der Waals surface area contributed by atoms with Crippen molar-refractivity contribution in [3.05, 3.63) is 28.8 Å². The number of hydrogen-bond acceptors (Lipinski definition) is 4. The van der Waals surface area contributed by atoms with Crippen LogP contribution in [-0.4, -0.2) is 38.1 Å². The Hall–Kier alpha value is -1.44. The van der Waals surface area contributed by atoms with Crippen molar-refractivity contribution in [2.75, 3.05) is 6.54 Å². The summed E-state index contributed by atoms with van der Waals surface area (Å²) in [5.41, 5.74) is 2.18. The third-order valence-corrected chi connectivity index (χ3v) is 5.53. The van der Waals surface area contributed by atoms with Crippen LogP contribution in [0.3, 0.4) is 0 Å². The molecule has 2 atom stereocenters. The molecule has 0 spiro atoms. The molecule has 0 saturated heterocycles. The van der Waals surface area contributed by atoms with Crippen LogP contribution < -0.4 is 10.0 Å². The zero-order valence-electron chi connectivity index (χ0n) is 14.3. The maximum atomic E-state index is 12.6. The molecule has 6 nitrogen and oxygen atoms in total. The summed E-state index contributed by atoms with van der Waals surface area (Å²) < 4.78 is 27.5. The molecule has 0 saturated carbocycles. The first kappa shape index (κ1) is 19.6. The van der Waals surface area contributed by atoms with Crippen LogP contribution in [-0.2, 0) is 14.8 Å². The molecule has 7 heteroatoms. The van der Waals surface area contributed by atoms with Crippen molar-refractivity contribution in [3.63, 3.8) is 0 Å². The third kappa shape index (κ3) is 5.30. The van der Waals surface area contributed by atoms with Crippen molar-refractivity contribution in [2.45, 2.75) is 58.0 Å². The van der Waals surface area contributed by atoms with E-state index in [0.717, 1.165) is 12.0 Å². The van der Waals surface area contributed by atoms with Crippen molar-refractivity contribution >= 4 is 16.0 Å². The van der Waals surface area contributed by atoms with Gasteiger partial charge in [-0.25, -0.2) is 8.42 Å². The highest BCUT2D eigenvalue weighted by molar-refractivity contribution is 7.89. The van der Waals surface area contributed by atoms with Crippen LogP contribution in [0.4, 0.5) is 0 Å². The van der Waals surface area contributed by atoms with Crippen molar-refractivity contribution < 1.29 is 18.3 Å². The van der Waals surface area contributed by atoms with Crippen LogP contribution in [0.15, 0.2) is 17.0 Å². The van der Waals surface area contributed by atoms with Crippen LogP contribution >= 0.6 is 0 Å². The van der Waals surface area contributed by atoms with E-state index in [-0.39, 0.29) is 17.5 Å². The first-order chi connectivity index (χ1) is 10.6. The van der Waals surface area contributed by atoms with Crippen molar-refractivity contribution in [1.29, 1.82) is 0 Å². The van der Waals surface area contributed by atoms with E-state index in [0.29, 0.717) is 11.1 Å². The van der Waals surface area contributed by atoms with Crippen LogP contribution in [0.25, 0.3) is 0 Å². The minimum absolute atomic E-state index is 0.0352. The number of hydrogen-bond donors (Lipinski definition) is 3. The molecule has 0 fully saturated rings. The predicted octanol–water partition coefficient (Wildman–Crippen LogP) is 1.73. The number of rotatable bonds is 8. The highest BCUT2D eigenvalue weighted by Crippen LogP contribution is 2.21. The van der Waals surface area contributed by atoms with Crippen molar-refractivity contribution in [1.82, 2.24) is 10.0 Å². The highest BCUT2D eigenvalue weighted by Gasteiger charge is 2.27. The maximum Gasteiger partial charge on any atom is 0.323 e. The van der Waals surface area contributed by atoms with Crippen LogP contribution in [0.2, 0.25) is 0 Å². The van der Waals surface area contributed by atoms with E-state index in [9.17, 15) is 18.3 Å². The van der Waals surface area contributed by atoms with E-state index in [1.807, 2.05) is 20.8 Å². The van der Waals surface area contributed by atoms with Crippen LogP contribution in [0, 0.1) is 20.8 Å². The summed E-state index contributed by atoms with van der Waals surface area (Å²) in [6.45, 7) is 9.23. The molecule has 1 aromatic carbocycles. The summed E-state index contributed by atoms with van der Waals surface area (Å²) in [5, 5.41) is 12.3. The van der Waals surface area contributed by atoms with Gasteiger partial charge in [-0.2, -0.15) is 4.72 Å². The Labute approximate surface area is 138 Å². The van der Waals surface area contributed by atoms with Gasteiger partial charge >= 0.3 is 5.97 Å². The minimum atomic E-state index is -3.91. The largest absolute Gasteiger partial charge is 0.480 e. The first-order valence-corrected chi connectivity index (χ1v) is 9.13. The number of carbonyl (C=O) groups is 1. The zero-order valence-corrected chi connectivity index (χ0v) is 15.1. The van der Waals surface area contributed by atoms with Gasteiger partial charge in [0.2, 0.25) is 10.0 Å². The third-order valence-electron chi connectivity index (χ3n) is 3.75. The standard InChI is InChI=1S/C16H26N2O4S/c1-6-13(5)17-9-14(16(19)20)18-23(21,22)15-11(3)7-10(2)8-12(15)4/h7-8,13-14,17-18H,6,9H2,1-5H3,(H,19,20)/t13?,14-/m0/s1. The van der Waals surface area contributed by atoms with E-state index in [1.54, 1.807) is 26.0 Å². The molecule has 0 aliphatic rings. The lowest BCUT2D eigenvalue weighted by molar-refractivity contribution is -0.138. The fraction of sp³-hybridized carbons (Fsp3) is 0.562. The first-order valence-electron chi connectivity index (χ1n) is 7.64. The molecule has 0 aliphatic carbocycles. The van der Waals surface area contributed by atoms with Crippen molar-refractivity contribution in [3.8, 4) is 0 Å². The predicted molar refractivity (Wildman–Crippen MR) is 90.2 cm³/mol. The minimum Gasteiger partial charge on any atom is -0.480 e. The van der Waals surface area contributed by atoms with Gasteiger partial charge in [0.25, 0.3) is 0 Å². The summed E-state index contributed by atoms with van der Waals surface area (Å²) in [6.07, 6.45) is 0.829. The molecule has 23 heavy (non-hydrogen) atoms. The monoisotopic (exact) mass is 342 g/mol. The average Bonchev–Trinajstić information content (AvgIpc) is 2.40. The van der Waals surface area contributed by atoms with Gasteiger partial charge in [0, 0.05) is 12.6 Å². The number of sulfonamides is 1. The van der Waals surface area contributed by atoms with Gasteiger partial charge in [0.15, 0.2) is 0 Å². The number of aliphatic carboxylic acids is 1. The van der Waals surface area contributed by atoms with E-state index in [4.69, 9.17) is 0 Å². The SMILES string of the molecule is CCC(C)NC[C@H](NS(=O)(=O)c1c(C)cc(C)cc1C)C(=O)O. The van der Waals surface area contributed by atoms with E-state index in [2.05, 4.69) is 10.0 Å². The molecule has 0 radical (unpaired) electrons. The Bertz CT molecular complexity index is 648. The number of benzene rings is 1. The molecule has 1 rings (SSSR count). The normalized spacial score (nSPS) is 14.5. The Balaban J connectivity index is 3.05. The van der Waals surface area contributed by atoms with Gasteiger partial charge in [-0.1, -0.05) is 24.6 Å². The molecule has 0 heterocycles. The molecule has 0 bridgehead atoms. The fourth-order valence-corrected chi connectivity index (χ4v) is 4.12. The Morgan fingerprint density at radius 3 is 2.17 bits per heavy atom. The molecular formula is C16H26N2O4S. The second-order valence-corrected chi connectivity index (χ2v) is 7.61. The van der Waals surface area contributed by atoms with Crippen LogP contribution in [0.5, 0.6) is 0 Å². The van der Waals surface area contributed by atoms with Gasteiger partial charge in [0.1, 0.15) is 6.04 Å². The van der Waals surface area contributed by atoms with Crippen molar-refractivity contribution in [2.24, 2.45) is 0 Å². The number of nitrogens with one attached hydrogen (secondary N) is 2. The topological polar surface area (TPSA) is 95.5 Å². The van der Waals surface area contributed by atoms with E-state index in [1.165, 1.54) is 0 Å². The Morgan fingerprint density at radius 2 is 1.74 bits per heavy atom. The van der Waals surface area contributed by atoms with Gasteiger partial charge in [-0.05, 0) is 45.2 Å². The van der Waals surface area contributed by atoms with E-state index >= 15 is 0 Å². The Kier molecular flexibility index (Phi) is 6.73. The highest BCUT2D eigenvalue weighted by atomic mass is 32.2. The smallest absolute Gasteiger partial charge is 0.323 e. The van der Waals surface area contributed by atoms with E-state index < -0.39 is 22.0 Å². The summed E-state index contributed by atoms with van der Waals surface area (Å²) in [7, 11) is -3.91. The molecule has 0 aliphatic heterocycles. The second-order valence-electron chi connectivity index (χ2n) is 5.96. The number of carboxylic acid groups (broad SMARTS) is 1. The molecule has 1 aromatic rings. The molecule has 0 amide bonds. The number of carboxylic acids is 1. The van der Waals surface area contributed by atoms with Gasteiger partial charge in [-0.3, -0.25) is 4.79 Å².